The number of aliphatic hydroxyl groups excluding tert-OH is 1. The van der Waals surface area contributed by atoms with E-state index in [1.54, 1.807) is 13.1 Å². The minimum absolute atomic E-state index is 0.0427. The van der Waals surface area contributed by atoms with Gasteiger partial charge in [-0.3, -0.25) is 9.58 Å². The fraction of sp³-hybridized carbons (Fsp3) is 0.500. The van der Waals surface area contributed by atoms with Gasteiger partial charge in [-0.15, -0.1) is 0 Å². The second kappa shape index (κ2) is 12.1. The molecule has 1 saturated heterocycles. The lowest BCUT2D eigenvalue weighted by atomic mass is 9.69. The molecule has 3 N–H and O–H groups in total. The molecule has 6 rings (SSSR count). The number of hydrogen-bond donors (Lipinski definition) is 3. The number of H-pyrrole nitrogens is 1. The molecule has 1 saturated carbocycles. The summed E-state index contributed by atoms with van der Waals surface area (Å²) in [5.74, 6) is -0.0427. The third-order valence-corrected chi connectivity index (χ3v) is 8.54. The number of alkyl halides is 3. The number of nitrogens with one attached hydrogen (secondary N) is 2. The van der Waals surface area contributed by atoms with Crippen molar-refractivity contribution in [1.29, 1.82) is 5.26 Å². The molecule has 1 atom stereocenters. The molecule has 1 aliphatic carbocycles. The first kappa shape index (κ1) is 30.0. The molecular weight excluding hydrogens is 575 g/mol. The molecule has 0 bridgehead atoms. The Labute approximate surface area is 252 Å². The van der Waals surface area contributed by atoms with E-state index >= 15 is 0 Å². The van der Waals surface area contributed by atoms with Gasteiger partial charge in [0, 0.05) is 61.6 Å². The van der Waals surface area contributed by atoms with Crippen molar-refractivity contribution in [2.24, 2.45) is 0 Å². The monoisotopic (exact) mass is 609 g/mol. The molecule has 2 fully saturated rings. The minimum Gasteiger partial charge on any atom is -0.474 e. The average Bonchev–Trinajstić information content (AvgIpc) is 3.65. The summed E-state index contributed by atoms with van der Waals surface area (Å²) >= 11 is 0. The largest absolute Gasteiger partial charge is 0.474 e. The van der Waals surface area contributed by atoms with Gasteiger partial charge in [0.15, 0.2) is 0 Å². The lowest BCUT2D eigenvalue weighted by molar-refractivity contribution is -0.141. The Morgan fingerprint density at radius 2 is 2.05 bits per heavy atom. The summed E-state index contributed by atoms with van der Waals surface area (Å²) < 4.78 is 48.4. The molecule has 1 aliphatic heterocycles. The fourth-order valence-electron chi connectivity index (χ4n) is 6.26. The van der Waals surface area contributed by atoms with E-state index in [2.05, 4.69) is 41.3 Å². The maximum Gasteiger partial charge on any atom is 0.433 e. The van der Waals surface area contributed by atoms with Crippen molar-refractivity contribution < 1.29 is 23.0 Å². The summed E-state index contributed by atoms with van der Waals surface area (Å²) in [6.07, 6.45) is 4.80. The molecule has 0 aromatic carbocycles. The Balaban J connectivity index is 1.07. The van der Waals surface area contributed by atoms with Crippen molar-refractivity contribution in [2.45, 2.75) is 75.5 Å². The molecule has 44 heavy (non-hydrogen) atoms. The van der Waals surface area contributed by atoms with Crippen LogP contribution in [0.25, 0.3) is 22.3 Å². The van der Waals surface area contributed by atoms with Crippen molar-refractivity contribution >= 4 is 11.0 Å². The summed E-state index contributed by atoms with van der Waals surface area (Å²) in [6, 6.07) is 7.08. The van der Waals surface area contributed by atoms with Gasteiger partial charge in [0.1, 0.15) is 23.8 Å². The van der Waals surface area contributed by atoms with Gasteiger partial charge in [0.05, 0.1) is 36.0 Å². The Kier molecular flexibility index (Phi) is 8.28. The van der Waals surface area contributed by atoms with E-state index in [0.717, 1.165) is 54.3 Å². The number of halogens is 3. The van der Waals surface area contributed by atoms with Crippen LogP contribution in [-0.4, -0.2) is 77.6 Å². The predicted octanol–water partition coefficient (Wildman–Crippen LogP) is 4.02. The second-order valence-corrected chi connectivity index (χ2v) is 11.8. The molecule has 0 spiro atoms. The Morgan fingerprint density at radius 3 is 2.77 bits per heavy atom. The van der Waals surface area contributed by atoms with Gasteiger partial charge in [-0.2, -0.15) is 23.5 Å². The van der Waals surface area contributed by atoms with Crippen molar-refractivity contribution in [1.82, 2.24) is 39.9 Å². The Bertz CT molecular complexity index is 1630. The molecule has 4 aromatic rings. The molecule has 2 aliphatic rings. The van der Waals surface area contributed by atoms with Crippen LogP contribution in [0.5, 0.6) is 5.88 Å². The number of nitriles is 1. The first-order valence-electron chi connectivity index (χ1n) is 14.7. The topological polar surface area (TPSA) is 141 Å². The van der Waals surface area contributed by atoms with Crippen molar-refractivity contribution in [3.8, 4) is 23.2 Å². The van der Waals surface area contributed by atoms with Crippen LogP contribution < -0.4 is 10.1 Å². The van der Waals surface area contributed by atoms with Crippen LogP contribution in [0.3, 0.4) is 0 Å². The number of aliphatic hydroxyl groups is 1. The van der Waals surface area contributed by atoms with Crippen LogP contribution in [0.2, 0.25) is 0 Å². The Hall–Kier alpha value is -4.06. The van der Waals surface area contributed by atoms with Gasteiger partial charge in [-0.05, 0) is 50.3 Å². The number of likely N-dealkylation sites (tertiary alicyclic amines) is 1. The number of hydrogen-bond acceptors (Lipinski definition) is 9. The zero-order chi connectivity index (χ0) is 30.9. The maximum absolute atomic E-state index is 13.5. The van der Waals surface area contributed by atoms with Gasteiger partial charge in [0.2, 0.25) is 5.88 Å². The van der Waals surface area contributed by atoms with Gasteiger partial charge in [0.25, 0.3) is 0 Å². The highest BCUT2D eigenvalue weighted by Gasteiger charge is 2.49. The zero-order valence-electron chi connectivity index (χ0n) is 24.3. The van der Waals surface area contributed by atoms with E-state index < -0.39 is 23.5 Å². The number of aromatic amines is 1. The first-order valence-corrected chi connectivity index (χ1v) is 14.7. The van der Waals surface area contributed by atoms with Crippen LogP contribution in [-0.2, 0) is 18.3 Å². The number of nitrogens with zero attached hydrogens (tertiary/aromatic N) is 7. The number of ether oxygens (including phenoxy) is 1. The molecular formula is C30H34F3N9O2. The molecule has 0 radical (unpaired) electrons. The van der Waals surface area contributed by atoms with E-state index in [0.29, 0.717) is 24.8 Å². The second-order valence-electron chi connectivity index (χ2n) is 11.8. The SMILES string of the molecule is C[C@@H](O)CNCc1cc(OC2CCN(C3CC(CC#N)(n4cc(-c5ncnc6[nH]ccc56)cn4)C3)CC2)nc(C(F)(F)F)c1. The normalized spacial score (nSPS) is 22.0. The van der Waals surface area contributed by atoms with Crippen molar-refractivity contribution in [3.05, 3.63) is 54.4 Å². The molecule has 11 nitrogen and oxygen atoms in total. The quantitative estimate of drug-likeness (QED) is 0.243. The van der Waals surface area contributed by atoms with E-state index in [9.17, 15) is 23.5 Å². The summed E-state index contributed by atoms with van der Waals surface area (Å²) in [4.78, 5) is 17.9. The van der Waals surface area contributed by atoms with Gasteiger partial charge in [-0.1, -0.05) is 0 Å². The lowest BCUT2D eigenvalue weighted by Crippen LogP contribution is -2.58. The van der Waals surface area contributed by atoms with Crippen LogP contribution in [0.1, 0.15) is 50.3 Å². The van der Waals surface area contributed by atoms with Crippen LogP contribution >= 0.6 is 0 Å². The number of pyridine rings is 1. The molecule has 0 unspecified atom stereocenters. The smallest absolute Gasteiger partial charge is 0.433 e. The maximum atomic E-state index is 13.5. The van der Waals surface area contributed by atoms with E-state index in [1.165, 1.54) is 12.4 Å². The average molecular weight is 610 g/mol. The first-order chi connectivity index (χ1) is 21.1. The number of rotatable bonds is 10. The standard InChI is InChI=1S/C30H34F3N9O2/c1-19(43)14-35-15-20-10-25(30(31,32)33)40-26(11-20)44-23-3-8-41(9-4-23)22-12-29(13-22,5-6-34)42-17-21(16-39-42)27-24-2-7-36-28(24)38-18-37-27/h2,7,10-11,16-19,22-23,35,43H,3-5,8-9,12-15H2,1H3,(H,36,37,38)/t19-,22?,29?/m1/s1. The molecule has 5 heterocycles. The Morgan fingerprint density at radius 1 is 1.25 bits per heavy atom. The lowest BCUT2D eigenvalue weighted by Gasteiger charge is -2.52. The van der Waals surface area contributed by atoms with E-state index in [-0.39, 0.29) is 31.1 Å². The number of aromatic nitrogens is 6. The summed E-state index contributed by atoms with van der Waals surface area (Å²) in [5.41, 5.74) is 1.38. The molecule has 14 heteroatoms. The van der Waals surface area contributed by atoms with Crippen molar-refractivity contribution in [2.75, 3.05) is 19.6 Å². The molecule has 232 valence electrons. The highest BCUT2D eigenvalue weighted by atomic mass is 19.4. The third-order valence-electron chi connectivity index (χ3n) is 8.54. The van der Waals surface area contributed by atoms with E-state index in [1.807, 2.05) is 23.1 Å². The van der Waals surface area contributed by atoms with Crippen LogP contribution in [0.4, 0.5) is 13.2 Å². The summed E-state index contributed by atoms with van der Waals surface area (Å²) in [7, 11) is 0. The van der Waals surface area contributed by atoms with Crippen molar-refractivity contribution in [3.63, 3.8) is 0 Å². The molecule has 4 aromatic heterocycles. The van der Waals surface area contributed by atoms with Crippen LogP contribution in [0.15, 0.2) is 43.1 Å². The predicted molar refractivity (Wildman–Crippen MR) is 154 cm³/mol. The third kappa shape index (κ3) is 6.26. The van der Waals surface area contributed by atoms with Crippen LogP contribution in [0, 0.1) is 11.3 Å². The van der Waals surface area contributed by atoms with Gasteiger partial charge >= 0.3 is 6.18 Å². The number of piperidine rings is 1. The van der Waals surface area contributed by atoms with E-state index in [4.69, 9.17) is 4.74 Å². The summed E-state index contributed by atoms with van der Waals surface area (Å²) in [5, 5.41) is 27.6. The summed E-state index contributed by atoms with van der Waals surface area (Å²) in [6.45, 7) is 3.48. The number of fused-ring (bicyclic) bond motifs is 1. The zero-order valence-corrected chi connectivity index (χ0v) is 24.3. The molecule has 0 amide bonds. The van der Waals surface area contributed by atoms with Gasteiger partial charge < -0.3 is 20.1 Å². The highest BCUT2D eigenvalue weighted by Crippen LogP contribution is 2.45. The highest BCUT2D eigenvalue weighted by molar-refractivity contribution is 5.90. The van der Waals surface area contributed by atoms with Gasteiger partial charge in [-0.25, -0.2) is 15.0 Å². The minimum atomic E-state index is -4.60. The fourth-order valence-corrected chi connectivity index (χ4v) is 6.26.